The molecule has 106 valence electrons. The zero-order valence-corrected chi connectivity index (χ0v) is 12.2. The Balaban J connectivity index is 3.06. The summed E-state index contributed by atoms with van der Waals surface area (Å²) in [7, 11) is 1.13. The Labute approximate surface area is 114 Å². The van der Waals surface area contributed by atoms with E-state index >= 15 is 0 Å². The lowest BCUT2D eigenvalue weighted by Crippen LogP contribution is -2.22. The predicted octanol–water partition coefficient (Wildman–Crippen LogP) is 1.61. The number of ether oxygens (including phenoxy) is 2. The molecule has 0 amide bonds. The number of methoxy groups -OCH3 is 1. The molecule has 0 aliphatic rings. The molecule has 1 rings (SSSR count). The Morgan fingerprint density at radius 2 is 2.00 bits per heavy atom. The maximum Gasteiger partial charge on any atom is 0.242 e. The summed E-state index contributed by atoms with van der Waals surface area (Å²) >= 11 is 0. The Morgan fingerprint density at radius 3 is 2.53 bits per heavy atom. The van der Waals surface area contributed by atoms with Gasteiger partial charge >= 0.3 is 0 Å². The van der Waals surface area contributed by atoms with Crippen molar-refractivity contribution in [1.82, 2.24) is 4.31 Å². The average Bonchev–Trinajstić information content (AvgIpc) is 2.38. The van der Waals surface area contributed by atoms with Crippen LogP contribution in [0.25, 0.3) is 6.08 Å². The summed E-state index contributed by atoms with van der Waals surface area (Å²) < 4.78 is 35.6. The van der Waals surface area contributed by atoms with Crippen LogP contribution in [0.2, 0.25) is 0 Å². The van der Waals surface area contributed by atoms with Crippen molar-refractivity contribution in [3.8, 4) is 5.75 Å². The monoisotopic (exact) mass is 285 g/mol. The molecule has 0 unspecified atom stereocenters. The molecule has 5 nitrogen and oxygen atoms in total. The Kier molecular flexibility index (Phi) is 5.53. The average molecular weight is 285 g/mol. The largest absolute Gasteiger partial charge is 0.491 e. The van der Waals surface area contributed by atoms with Crippen LogP contribution >= 0.6 is 0 Å². The van der Waals surface area contributed by atoms with Crippen LogP contribution in [0.15, 0.2) is 29.7 Å². The molecule has 0 aliphatic carbocycles. The number of sulfonamides is 1. The van der Waals surface area contributed by atoms with Gasteiger partial charge in [0, 0.05) is 26.8 Å². The van der Waals surface area contributed by atoms with Crippen molar-refractivity contribution in [3.63, 3.8) is 0 Å². The van der Waals surface area contributed by atoms with E-state index in [1.54, 1.807) is 25.3 Å². The van der Waals surface area contributed by atoms with Crippen molar-refractivity contribution >= 4 is 16.1 Å². The van der Waals surface area contributed by atoms with Crippen LogP contribution < -0.4 is 4.74 Å². The molecule has 0 atom stereocenters. The minimum atomic E-state index is -3.45. The van der Waals surface area contributed by atoms with Crippen LogP contribution in [0.1, 0.15) is 5.56 Å². The van der Waals surface area contributed by atoms with Gasteiger partial charge in [-0.1, -0.05) is 12.7 Å². The van der Waals surface area contributed by atoms with Crippen LogP contribution in [-0.4, -0.2) is 47.1 Å². The maximum absolute atomic E-state index is 12.0. The van der Waals surface area contributed by atoms with Crippen molar-refractivity contribution in [2.24, 2.45) is 0 Å². The molecule has 0 aliphatic heterocycles. The molecule has 1 aromatic carbocycles. The van der Waals surface area contributed by atoms with E-state index < -0.39 is 10.0 Å². The molecule has 6 heteroatoms. The highest BCUT2D eigenvalue weighted by atomic mass is 32.2. The third kappa shape index (κ3) is 3.79. The summed E-state index contributed by atoms with van der Waals surface area (Å²) in [4.78, 5) is 0.214. The zero-order chi connectivity index (χ0) is 14.5. The van der Waals surface area contributed by atoms with Gasteiger partial charge in [-0.15, -0.1) is 0 Å². The van der Waals surface area contributed by atoms with Gasteiger partial charge in [0.15, 0.2) is 0 Å². The van der Waals surface area contributed by atoms with Gasteiger partial charge in [-0.05, 0) is 18.2 Å². The zero-order valence-electron chi connectivity index (χ0n) is 11.4. The van der Waals surface area contributed by atoms with Crippen molar-refractivity contribution in [3.05, 3.63) is 30.3 Å². The quantitative estimate of drug-likeness (QED) is 0.714. The summed E-state index contributed by atoms with van der Waals surface area (Å²) in [5, 5.41) is 0. The molecule has 0 bridgehead atoms. The highest BCUT2D eigenvalue weighted by Crippen LogP contribution is 2.24. The van der Waals surface area contributed by atoms with E-state index in [0.717, 1.165) is 0 Å². The van der Waals surface area contributed by atoms with Crippen molar-refractivity contribution in [2.75, 3.05) is 34.4 Å². The summed E-state index contributed by atoms with van der Waals surface area (Å²) in [5.41, 5.74) is 0.638. The summed E-state index contributed by atoms with van der Waals surface area (Å²) in [6.07, 6.45) is 1.57. The number of benzene rings is 1. The van der Waals surface area contributed by atoms with Gasteiger partial charge in [-0.3, -0.25) is 0 Å². The molecule has 0 saturated heterocycles. The summed E-state index contributed by atoms with van der Waals surface area (Å²) in [6.45, 7) is 4.53. The molecule has 0 N–H and O–H groups in total. The predicted molar refractivity (Wildman–Crippen MR) is 74.8 cm³/mol. The molecule has 0 spiro atoms. The van der Waals surface area contributed by atoms with Gasteiger partial charge in [0.2, 0.25) is 10.0 Å². The van der Waals surface area contributed by atoms with E-state index in [0.29, 0.717) is 24.5 Å². The third-order valence-electron chi connectivity index (χ3n) is 2.52. The van der Waals surface area contributed by atoms with Gasteiger partial charge in [0.05, 0.1) is 11.5 Å². The number of hydrogen-bond acceptors (Lipinski definition) is 4. The molecule has 0 fully saturated rings. The second-order valence-electron chi connectivity index (χ2n) is 4.03. The van der Waals surface area contributed by atoms with Gasteiger partial charge in [-0.25, -0.2) is 12.7 Å². The maximum atomic E-state index is 12.0. The molecule has 0 heterocycles. The molecular formula is C13H19NO4S. The van der Waals surface area contributed by atoms with Crippen molar-refractivity contribution in [1.29, 1.82) is 0 Å². The molecule has 1 aromatic rings. The first-order chi connectivity index (χ1) is 8.93. The highest BCUT2D eigenvalue weighted by Gasteiger charge is 2.18. The van der Waals surface area contributed by atoms with E-state index in [1.165, 1.54) is 24.5 Å². The molecular weight excluding hydrogens is 266 g/mol. The molecule has 0 radical (unpaired) electrons. The van der Waals surface area contributed by atoms with E-state index in [9.17, 15) is 8.42 Å². The lowest BCUT2D eigenvalue weighted by Gasteiger charge is -2.14. The molecule has 0 saturated carbocycles. The van der Waals surface area contributed by atoms with Gasteiger partial charge in [0.25, 0.3) is 0 Å². The lowest BCUT2D eigenvalue weighted by molar-refractivity contribution is 0.146. The van der Waals surface area contributed by atoms with Crippen molar-refractivity contribution in [2.45, 2.75) is 4.90 Å². The van der Waals surface area contributed by atoms with E-state index in [-0.39, 0.29) is 4.90 Å². The third-order valence-corrected chi connectivity index (χ3v) is 4.34. The van der Waals surface area contributed by atoms with Crippen molar-refractivity contribution < 1.29 is 17.9 Å². The Morgan fingerprint density at radius 1 is 1.32 bits per heavy atom. The minimum Gasteiger partial charge on any atom is -0.491 e. The van der Waals surface area contributed by atoms with Gasteiger partial charge in [-0.2, -0.15) is 0 Å². The normalized spacial score (nSPS) is 11.6. The van der Waals surface area contributed by atoms with Crippen LogP contribution in [0.5, 0.6) is 5.75 Å². The lowest BCUT2D eigenvalue weighted by atomic mass is 10.2. The van der Waals surface area contributed by atoms with Gasteiger partial charge < -0.3 is 9.47 Å². The van der Waals surface area contributed by atoms with Crippen LogP contribution in [0.3, 0.4) is 0 Å². The number of nitrogens with zero attached hydrogens (tertiary/aromatic N) is 1. The minimum absolute atomic E-state index is 0.214. The van der Waals surface area contributed by atoms with Crippen LogP contribution in [-0.2, 0) is 14.8 Å². The Hall–Kier alpha value is -1.37. The van der Waals surface area contributed by atoms with Crippen LogP contribution in [0.4, 0.5) is 0 Å². The second-order valence-corrected chi connectivity index (χ2v) is 6.18. The molecule has 0 aromatic heterocycles. The smallest absolute Gasteiger partial charge is 0.242 e. The highest BCUT2D eigenvalue weighted by molar-refractivity contribution is 7.89. The number of hydrogen-bond donors (Lipinski definition) is 0. The number of rotatable bonds is 7. The van der Waals surface area contributed by atoms with E-state index in [1.807, 2.05) is 0 Å². The summed E-state index contributed by atoms with van der Waals surface area (Å²) in [6, 6.07) is 4.69. The standard InChI is InChI=1S/C13H19NO4S/c1-5-11-10-12(19(15,16)14(2)3)6-7-13(11)18-9-8-17-4/h5-7,10H,1,8-9H2,2-4H3. The Bertz CT molecular complexity index is 538. The SMILES string of the molecule is C=Cc1cc(S(=O)(=O)N(C)C)ccc1OCCOC. The van der Waals surface area contributed by atoms with E-state index in [2.05, 4.69) is 6.58 Å². The summed E-state index contributed by atoms with van der Waals surface area (Å²) in [5.74, 6) is 0.588. The first-order valence-electron chi connectivity index (χ1n) is 5.74. The molecule has 19 heavy (non-hydrogen) atoms. The van der Waals surface area contributed by atoms with Gasteiger partial charge in [0.1, 0.15) is 12.4 Å². The first-order valence-corrected chi connectivity index (χ1v) is 7.18. The van der Waals surface area contributed by atoms with Crippen LogP contribution in [0, 0.1) is 0 Å². The fourth-order valence-corrected chi connectivity index (χ4v) is 2.36. The topological polar surface area (TPSA) is 55.8 Å². The first kappa shape index (κ1) is 15.7. The van der Waals surface area contributed by atoms with E-state index in [4.69, 9.17) is 9.47 Å². The second kappa shape index (κ2) is 6.70. The fourth-order valence-electron chi connectivity index (χ4n) is 1.42. The fraction of sp³-hybridized carbons (Fsp3) is 0.385.